The Kier molecular flexibility index (Phi) is 3.33. The summed E-state index contributed by atoms with van der Waals surface area (Å²) >= 11 is 0. The van der Waals surface area contributed by atoms with Crippen molar-refractivity contribution in [1.82, 2.24) is 10.2 Å². The molecule has 3 saturated heterocycles. The van der Waals surface area contributed by atoms with Gasteiger partial charge in [-0.1, -0.05) is 30.3 Å². The van der Waals surface area contributed by atoms with Gasteiger partial charge in [0.1, 0.15) is 0 Å². The van der Waals surface area contributed by atoms with Gasteiger partial charge in [-0.2, -0.15) is 0 Å². The summed E-state index contributed by atoms with van der Waals surface area (Å²) in [6, 6.07) is 10.3. The zero-order valence-corrected chi connectivity index (χ0v) is 10.6. The van der Waals surface area contributed by atoms with E-state index in [2.05, 4.69) is 10.2 Å². The molecule has 1 aromatic carbocycles. The number of carbonyl (C=O) groups excluding carboxylic acids is 1. The molecule has 2 bridgehead atoms. The quantitative estimate of drug-likeness (QED) is 0.872. The van der Waals surface area contributed by atoms with E-state index in [0.717, 1.165) is 12.1 Å². The third-order valence-corrected chi connectivity index (χ3v) is 4.21. The van der Waals surface area contributed by atoms with Crippen LogP contribution in [-0.2, 0) is 11.2 Å². The standard InChI is InChI=1S/C15H20N2O/c18-15(10-12-4-2-1-3-5-12)16-14-11-17-8-6-13(14)7-9-17/h1-5,13-14H,6-11H2,(H,16,18). The second-order valence-electron chi connectivity index (χ2n) is 5.47. The van der Waals surface area contributed by atoms with E-state index in [9.17, 15) is 4.79 Å². The molecule has 1 atom stereocenters. The maximum atomic E-state index is 12.0. The van der Waals surface area contributed by atoms with Crippen LogP contribution in [-0.4, -0.2) is 36.5 Å². The summed E-state index contributed by atoms with van der Waals surface area (Å²) in [5.74, 6) is 0.870. The fraction of sp³-hybridized carbons (Fsp3) is 0.533. The van der Waals surface area contributed by atoms with Crippen molar-refractivity contribution in [2.75, 3.05) is 19.6 Å². The number of nitrogens with zero attached hydrogens (tertiary/aromatic N) is 1. The number of benzene rings is 1. The largest absolute Gasteiger partial charge is 0.352 e. The summed E-state index contributed by atoms with van der Waals surface area (Å²) in [6.45, 7) is 3.48. The molecule has 0 spiro atoms. The highest BCUT2D eigenvalue weighted by Gasteiger charge is 2.34. The van der Waals surface area contributed by atoms with Crippen LogP contribution in [0, 0.1) is 5.92 Å². The number of amides is 1. The fourth-order valence-electron chi connectivity index (χ4n) is 3.17. The monoisotopic (exact) mass is 244 g/mol. The second-order valence-corrected chi connectivity index (χ2v) is 5.47. The van der Waals surface area contributed by atoms with Crippen molar-refractivity contribution in [1.29, 1.82) is 0 Å². The van der Waals surface area contributed by atoms with E-state index in [1.54, 1.807) is 0 Å². The highest BCUT2D eigenvalue weighted by atomic mass is 16.1. The van der Waals surface area contributed by atoms with Gasteiger partial charge in [0.2, 0.25) is 5.91 Å². The molecule has 0 radical (unpaired) electrons. The number of hydrogen-bond donors (Lipinski definition) is 1. The lowest BCUT2D eigenvalue weighted by Gasteiger charge is -2.44. The Morgan fingerprint density at radius 3 is 2.56 bits per heavy atom. The van der Waals surface area contributed by atoms with E-state index >= 15 is 0 Å². The molecule has 3 nitrogen and oxygen atoms in total. The Morgan fingerprint density at radius 2 is 1.94 bits per heavy atom. The zero-order valence-electron chi connectivity index (χ0n) is 10.6. The van der Waals surface area contributed by atoms with Crippen molar-refractivity contribution >= 4 is 5.91 Å². The van der Waals surface area contributed by atoms with Crippen molar-refractivity contribution < 1.29 is 4.79 Å². The van der Waals surface area contributed by atoms with Crippen LogP contribution >= 0.6 is 0 Å². The lowest BCUT2D eigenvalue weighted by Crippen LogP contribution is -2.57. The molecule has 18 heavy (non-hydrogen) atoms. The average molecular weight is 244 g/mol. The second kappa shape index (κ2) is 5.11. The summed E-state index contributed by atoms with van der Waals surface area (Å²) in [5, 5.41) is 3.22. The summed E-state index contributed by atoms with van der Waals surface area (Å²) in [6.07, 6.45) is 3.00. The molecule has 3 fully saturated rings. The average Bonchev–Trinajstić information content (AvgIpc) is 2.41. The molecule has 1 aromatic rings. The van der Waals surface area contributed by atoms with Crippen molar-refractivity contribution in [3.8, 4) is 0 Å². The molecule has 1 N–H and O–H groups in total. The Balaban J connectivity index is 1.55. The van der Waals surface area contributed by atoms with E-state index in [1.807, 2.05) is 30.3 Å². The van der Waals surface area contributed by atoms with E-state index in [4.69, 9.17) is 0 Å². The van der Waals surface area contributed by atoms with E-state index in [-0.39, 0.29) is 5.91 Å². The maximum absolute atomic E-state index is 12.0. The Hall–Kier alpha value is -1.35. The molecular weight excluding hydrogens is 224 g/mol. The molecule has 0 aliphatic carbocycles. The first-order chi connectivity index (χ1) is 8.81. The molecule has 0 aromatic heterocycles. The highest BCUT2D eigenvalue weighted by molar-refractivity contribution is 5.78. The van der Waals surface area contributed by atoms with Gasteiger partial charge in [-0.05, 0) is 37.4 Å². The van der Waals surface area contributed by atoms with Crippen LogP contribution in [0.2, 0.25) is 0 Å². The van der Waals surface area contributed by atoms with Crippen LogP contribution in [0.15, 0.2) is 30.3 Å². The first kappa shape index (κ1) is 11.7. The lowest BCUT2D eigenvalue weighted by molar-refractivity contribution is -0.122. The maximum Gasteiger partial charge on any atom is 0.224 e. The normalized spacial score (nSPS) is 30.1. The number of carbonyl (C=O) groups is 1. The molecule has 1 unspecified atom stereocenters. The predicted molar refractivity (Wildman–Crippen MR) is 71.2 cm³/mol. The Morgan fingerprint density at radius 1 is 1.22 bits per heavy atom. The van der Waals surface area contributed by atoms with Crippen LogP contribution in [0.25, 0.3) is 0 Å². The number of fused-ring (bicyclic) bond motifs is 3. The number of hydrogen-bond acceptors (Lipinski definition) is 2. The molecule has 3 heterocycles. The van der Waals surface area contributed by atoms with Gasteiger partial charge in [0.15, 0.2) is 0 Å². The Bertz CT molecular complexity index is 410. The van der Waals surface area contributed by atoms with Gasteiger partial charge in [-0.15, -0.1) is 0 Å². The van der Waals surface area contributed by atoms with Crippen molar-refractivity contribution in [3.63, 3.8) is 0 Å². The van der Waals surface area contributed by atoms with Crippen LogP contribution < -0.4 is 5.32 Å². The number of rotatable bonds is 3. The zero-order chi connectivity index (χ0) is 12.4. The molecule has 0 saturated carbocycles. The minimum Gasteiger partial charge on any atom is -0.352 e. The van der Waals surface area contributed by atoms with Crippen molar-refractivity contribution in [2.24, 2.45) is 5.92 Å². The first-order valence-corrected chi connectivity index (χ1v) is 6.87. The number of piperidine rings is 3. The van der Waals surface area contributed by atoms with Gasteiger partial charge in [0, 0.05) is 12.6 Å². The fourth-order valence-corrected chi connectivity index (χ4v) is 3.17. The lowest BCUT2D eigenvalue weighted by atomic mass is 9.84. The van der Waals surface area contributed by atoms with Crippen LogP contribution in [0.4, 0.5) is 0 Å². The molecule has 3 aliphatic rings. The molecule has 3 heteroatoms. The van der Waals surface area contributed by atoms with E-state index in [1.165, 1.54) is 25.9 Å². The summed E-state index contributed by atoms with van der Waals surface area (Å²) < 4.78 is 0. The number of nitrogens with one attached hydrogen (secondary N) is 1. The Labute approximate surface area is 108 Å². The van der Waals surface area contributed by atoms with Crippen LogP contribution in [0.1, 0.15) is 18.4 Å². The SMILES string of the molecule is O=C(Cc1ccccc1)NC1CN2CCC1CC2. The summed E-state index contributed by atoms with van der Waals surface area (Å²) in [4.78, 5) is 14.5. The molecule has 1 amide bonds. The molecule has 4 rings (SSSR count). The van der Waals surface area contributed by atoms with Gasteiger partial charge in [0.25, 0.3) is 0 Å². The predicted octanol–water partition coefficient (Wildman–Crippen LogP) is 1.44. The van der Waals surface area contributed by atoms with Gasteiger partial charge in [-0.25, -0.2) is 0 Å². The first-order valence-electron chi connectivity index (χ1n) is 6.87. The minimum absolute atomic E-state index is 0.167. The molecule has 3 aliphatic heterocycles. The third-order valence-electron chi connectivity index (χ3n) is 4.21. The summed E-state index contributed by atoms with van der Waals surface area (Å²) in [7, 11) is 0. The van der Waals surface area contributed by atoms with Crippen molar-refractivity contribution in [2.45, 2.75) is 25.3 Å². The topological polar surface area (TPSA) is 32.3 Å². The van der Waals surface area contributed by atoms with Gasteiger partial charge in [0.05, 0.1) is 6.42 Å². The summed E-state index contributed by atoms with van der Waals surface area (Å²) in [5.41, 5.74) is 1.09. The van der Waals surface area contributed by atoms with E-state index < -0.39 is 0 Å². The van der Waals surface area contributed by atoms with Gasteiger partial charge < -0.3 is 10.2 Å². The smallest absolute Gasteiger partial charge is 0.224 e. The van der Waals surface area contributed by atoms with Gasteiger partial charge >= 0.3 is 0 Å². The van der Waals surface area contributed by atoms with Gasteiger partial charge in [-0.3, -0.25) is 4.79 Å². The van der Waals surface area contributed by atoms with Crippen LogP contribution in [0.5, 0.6) is 0 Å². The minimum atomic E-state index is 0.167. The highest BCUT2D eigenvalue weighted by Crippen LogP contribution is 2.27. The molecular formula is C15H20N2O. The van der Waals surface area contributed by atoms with Crippen LogP contribution in [0.3, 0.4) is 0 Å². The third kappa shape index (κ3) is 2.56. The molecule has 96 valence electrons. The van der Waals surface area contributed by atoms with Crippen molar-refractivity contribution in [3.05, 3.63) is 35.9 Å². The van der Waals surface area contributed by atoms with E-state index in [0.29, 0.717) is 18.4 Å².